The Morgan fingerprint density at radius 1 is 1.29 bits per heavy atom. The molecule has 0 saturated heterocycles. The van der Waals surface area contributed by atoms with Crippen molar-refractivity contribution >= 4 is 17.9 Å². The molecular formula is C9H15N3O5. The van der Waals surface area contributed by atoms with E-state index in [2.05, 4.69) is 10.6 Å². The van der Waals surface area contributed by atoms with Crippen molar-refractivity contribution in [1.82, 2.24) is 16.0 Å². The van der Waals surface area contributed by atoms with Gasteiger partial charge in [-0.15, -0.1) is 0 Å². The second-order valence-electron chi connectivity index (χ2n) is 3.74. The van der Waals surface area contributed by atoms with Crippen LogP contribution in [-0.4, -0.2) is 53.4 Å². The van der Waals surface area contributed by atoms with E-state index >= 15 is 0 Å². The summed E-state index contributed by atoms with van der Waals surface area (Å²) in [6, 6.07) is -1.98. The molecule has 1 aliphatic carbocycles. The molecule has 0 aliphatic heterocycles. The Morgan fingerprint density at radius 2 is 1.94 bits per heavy atom. The summed E-state index contributed by atoms with van der Waals surface area (Å²) in [6.45, 7) is -0.933. The van der Waals surface area contributed by atoms with Crippen LogP contribution in [0.3, 0.4) is 0 Å². The molecule has 0 aromatic carbocycles. The quantitative estimate of drug-likeness (QED) is 0.370. The summed E-state index contributed by atoms with van der Waals surface area (Å²) in [5.41, 5.74) is 0. The summed E-state index contributed by atoms with van der Waals surface area (Å²) < 4.78 is 0. The fourth-order valence-electron chi connectivity index (χ4n) is 1.06. The lowest BCUT2D eigenvalue weighted by Crippen LogP contribution is -2.50. The molecule has 3 amide bonds. The molecule has 17 heavy (non-hydrogen) atoms. The second kappa shape index (κ2) is 6.04. The van der Waals surface area contributed by atoms with Gasteiger partial charge in [0.05, 0.1) is 13.2 Å². The number of carboxylic acids is 1. The molecule has 1 fully saturated rings. The first-order chi connectivity index (χ1) is 8.02. The average molecular weight is 245 g/mol. The topological polar surface area (TPSA) is 128 Å². The summed E-state index contributed by atoms with van der Waals surface area (Å²) in [4.78, 5) is 32.8. The van der Waals surface area contributed by atoms with Gasteiger partial charge < -0.3 is 26.2 Å². The lowest BCUT2D eigenvalue weighted by Gasteiger charge is -2.12. The maximum Gasteiger partial charge on any atom is 0.328 e. The van der Waals surface area contributed by atoms with Crippen LogP contribution >= 0.6 is 0 Å². The molecule has 1 aliphatic rings. The van der Waals surface area contributed by atoms with Gasteiger partial charge in [0, 0.05) is 6.04 Å². The molecule has 8 heteroatoms. The molecular weight excluding hydrogens is 230 g/mol. The van der Waals surface area contributed by atoms with Crippen LogP contribution in [0.1, 0.15) is 12.8 Å². The summed E-state index contributed by atoms with van der Waals surface area (Å²) in [6.07, 6.45) is 1.90. The number of aliphatic carboxylic acids is 1. The smallest absolute Gasteiger partial charge is 0.328 e. The van der Waals surface area contributed by atoms with Crippen molar-refractivity contribution in [2.75, 3.05) is 13.2 Å². The van der Waals surface area contributed by atoms with Crippen molar-refractivity contribution < 1.29 is 24.6 Å². The molecule has 5 N–H and O–H groups in total. The van der Waals surface area contributed by atoms with E-state index in [0.29, 0.717) is 0 Å². The van der Waals surface area contributed by atoms with Crippen molar-refractivity contribution in [3.63, 3.8) is 0 Å². The molecule has 0 aromatic heterocycles. The van der Waals surface area contributed by atoms with Crippen LogP contribution in [0.5, 0.6) is 0 Å². The third-order valence-corrected chi connectivity index (χ3v) is 2.14. The largest absolute Gasteiger partial charge is 0.480 e. The Balaban J connectivity index is 2.19. The van der Waals surface area contributed by atoms with Gasteiger partial charge in [-0.1, -0.05) is 0 Å². The number of amides is 3. The number of aliphatic hydroxyl groups excluding tert-OH is 1. The first-order valence-corrected chi connectivity index (χ1v) is 5.20. The predicted molar refractivity (Wildman–Crippen MR) is 56.2 cm³/mol. The molecule has 1 atom stereocenters. The fourth-order valence-corrected chi connectivity index (χ4v) is 1.06. The van der Waals surface area contributed by atoms with Gasteiger partial charge in [-0.3, -0.25) is 4.79 Å². The van der Waals surface area contributed by atoms with Crippen molar-refractivity contribution in [3.05, 3.63) is 0 Å². The van der Waals surface area contributed by atoms with Gasteiger partial charge in [-0.2, -0.15) is 0 Å². The Hall–Kier alpha value is -1.83. The minimum Gasteiger partial charge on any atom is -0.480 e. The lowest BCUT2D eigenvalue weighted by molar-refractivity contribution is -0.140. The van der Waals surface area contributed by atoms with Crippen LogP contribution in [0, 0.1) is 0 Å². The van der Waals surface area contributed by atoms with E-state index in [9.17, 15) is 14.4 Å². The van der Waals surface area contributed by atoms with Crippen LogP contribution in [-0.2, 0) is 9.59 Å². The number of aliphatic hydroxyl groups is 1. The van der Waals surface area contributed by atoms with Crippen LogP contribution < -0.4 is 16.0 Å². The van der Waals surface area contributed by atoms with Crippen LogP contribution in [0.2, 0.25) is 0 Å². The second-order valence-corrected chi connectivity index (χ2v) is 3.74. The lowest BCUT2D eigenvalue weighted by atomic mass is 10.3. The third-order valence-electron chi connectivity index (χ3n) is 2.14. The zero-order valence-electron chi connectivity index (χ0n) is 9.10. The van der Waals surface area contributed by atoms with Crippen molar-refractivity contribution in [1.29, 1.82) is 0 Å². The molecule has 0 aromatic rings. The van der Waals surface area contributed by atoms with E-state index in [1.165, 1.54) is 0 Å². The maximum absolute atomic E-state index is 11.2. The van der Waals surface area contributed by atoms with Gasteiger partial charge in [-0.05, 0) is 12.8 Å². The minimum atomic E-state index is -1.37. The van der Waals surface area contributed by atoms with E-state index in [1.807, 2.05) is 5.32 Å². The first-order valence-electron chi connectivity index (χ1n) is 5.20. The highest BCUT2D eigenvalue weighted by Crippen LogP contribution is 2.18. The van der Waals surface area contributed by atoms with Crippen molar-refractivity contribution in [3.8, 4) is 0 Å². The molecule has 1 saturated carbocycles. The summed E-state index contributed by atoms with van der Waals surface area (Å²) >= 11 is 0. The predicted octanol–water partition coefficient (Wildman–Crippen LogP) is -1.99. The van der Waals surface area contributed by atoms with E-state index in [0.717, 1.165) is 12.8 Å². The number of hydrogen-bond acceptors (Lipinski definition) is 4. The number of rotatable bonds is 6. The minimum absolute atomic E-state index is 0.205. The van der Waals surface area contributed by atoms with Gasteiger partial charge in [0.2, 0.25) is 5.91 Å². The van der Waals surface area contributed by atoms with Gasteiger partial charge in [0.15, 0.2) is 6.04 Å². The van der Waals surface area contributed by atoms with E-state index < -0.39 is 24.6 Å². The first kappa shape index (κ1) is 13.2. The fraction of sp³-hybridized carbons (Fsp3) is 0.667. The molecule has 0 heterocycles. The van der Waals surface area contributed by atoms with Crippen LogP contribution in [0.4, 0.5) is 4.79 Å². The summed E-state index contributed by atoms with van der Waals surface area (Å²) in [5, 5.41) is 24.1. The third kappa shape index (κ3) is 5.16. The molecule has 0 spiro atoms. The Labute approximate surface area is 97.4 Å². The van der Waals surface area contributed by atoms with Gasteiger partial charge >= 0.3 is 12.0 Å². The SMILES string of the molecule is O=C(CNC(=O)NC(CO)C(=O)O)NC1CC1. The maximum atomic E-state index is 11.2. The van der Waals surface area contributed by atoms with E-state index in [4.69, 9.17) is 10.2 Å². The highest BCUT2D eigenvalue weighted by Gasteiger charge is 2.23. The number of hydrogen-bond donors (Lipinski definition) is 5. The summed E-state index contributed by atoms with van der Waals surface area (Å²) in [7, 11) is 0. The molecule has 1 unspecified atom stereocenters. The van der Waals surface area contributed by atoms with Crippen molar-refractivity contribution in [2.24, 2.45) is 0 Å². The molecule has 8 nitrogen and oxygen atoms in total. The Kier molecular flexibility index (Phi) is 4.70. The monoisotopic (exact) mass is 245 g/mol. The van der Waals surface area contributed by atoms with Crippen LogP contribution in [0.25, 0.3) is 0 Å². The molecule has 1 rings (SSSR count). The van der Waals surface area contributed by atoms with Crippen molar-refractivity contribution in [2.45, 2.75) is 24.9 Å². The average Bonchev–Trinajstić information content (AvgIpc) is 3.06. The Bertz CT molecular complexity index is 316. The zero-order valence-corrected chi connectivity index (χ0v) is 9.10. The summed E-state index contributed by atoms with van der Waals surface area (Å²) in [5.74, 6) is -1.66. The van der Waals surface area contributed by atoms with Gasteiger partial charge in [0.1, 0.15) is 0 Å². The zero-order chi connectivity index (χ0) is 12.8. The van der Waals surface area contributed by atoms with Gasteiger partial charge in [0.25, 0.3) is 0 Å². The number of urea groups is 1. The van der Waals surface area contributed by atoms with Gasteiger partial charge in [-0.25, -0.2) is 9.59 Å². The standard InChI is InChI=1S/C9H15N3O5/c13-4-6(8(15)16)12-9(17)10-3-7(14)11-5-1-2-5/h5-6,13H,1-4H2,(H,11,14)(H,15,16)(H2,10,12,17). The number of carbonyl (C=O) groups excluding carboxylic acids is 2. The molecule has 0 bridgehead atoms. The number of carbonyl (C=O) groups is 3. The van der Waals surface area contributed by atoms with E-state index in [1.54, 1.807) is 0 Å². The highest BCUT2D eigenvalue weighted by molar-refractivity contribution is 5.86. The molecule has 96 valence electrons. The highest BCUT2D eigenvalue weighted by atomic mass is 16.4. The normalized spacial score (nSPS) is 15.8. The number of nitrogens with one attached hydrogen (secondary N) is 3. The number of carboxylic acid groups (broad SMARTS) is 1. The van der Waals surface area contributed by atoms with E-state index in [-0.39, 0.29) is 18.5 Å². The molecule has 0 radical (unpaired) electrons. The van der Waals surface area contributed by atoms with Crippen LogP contribution in [0.15, 0.2) is 0 Å². The Morgan fingerprint density at radius 3 is 2.41 bits per heavy atom.